The third-order valence-corrected chi connectivity index (χ3v) is 1.84. The molecule has 0 atom stereocenters. The van der Waals surface area contributed by atoms with Gasteiger partial charge in [-0.05, 0) is 16.8 Å². The third-order valence-electron chi connectivity index (χ3n) is 1.84. The summed E-state index contributed by atoms with van der Waals surface area (Å²) in [6.45, 7) is 0. The van der Waals surface area contributed by atoms with Gasteiger partial charge in [0.05, 0.1) is 6.42 Å². The Morgan fingerprint density at radius 1 is 1.33 bits per heavy atom. The van der Waals surface area contributed by atoms with Gasteiger partial charge in [0, 0.05) is 6.07 Å². The van der Waals surface area contributed by atoms with E-state index in [4.69, 9.17) is 10.3 Å². The van der Waals surface area contributed by atoms with Gasteiger partial charge in [0.15, 0.2) is 0 Å². The molecule has 0 bridgehead atoms. The van der Waals surface area contributed by atoms with Crippen molar-refractivity contribution in [2.75, 3.05) is 5.73 Å². The maximum absolute atomic E-state index is 13.2. The highest BCUT2D eigenvalue weighted by molar-refractivity contribution is 5.22. The fraction of sp³-hybridized carbons (Fsp3) is 0.111. The molecule has 6 heteroatoms. The molecule has 1 aromatic carbocycles. The number of halogens is 2. The summed E-state index contributed by atoms with van der Waals surface area (Å²) in [7, 11) is 0. The topological polar surface area (TPSA) is 64.9 Å². The van der Waals surface area contributed by atoms with Crippen LogP contribution in [-0.2, 0) is 6.42 Å². The number of nitrogens with two attached hydrogens (primary N) is 1. The standard InChI is InChI=1S/C9H7F2N3O/c10-6-2-1-5(7(11)4-6)3-8-13-9(12)14-15-8/h1-2,4H,3H2,(H2,12,14). The highest BCUT2D eigenvalue weighted by Gasteiger charge is 2.09. The first kappa shape index (κ1) is 9.57. The summed E-state index contributed by atoms with van der Waals surface area (Å²) in [4.78, 5) is 3.71. The zero-order valence-electron chi connectivity index (χ0n) is 7.58. The van der Waals surface area contributed by atoms with Crippen LogP contribution in [0.5, 0.6) is 0 Å². The SMILES string of the molecule is Nc1noc(Cc2ccc(F)cc2F)n1. The molecule has 1 aromatic heterocycles. The summed E-state index contributed by atoms with van der Waals surface area (Å²) in [6, 6.07) is 3.29. The first-order valence-corrected chi connectivity index (χ1v) is 4.17. The van der Waals surface area contributed by atoms with E-state index < -0.39 is 11.6 Å². The molecule has 2 aromatic rings. The molecule has 0 amide bonds. The monoisotopic (exact) mass is 211 g/mol. The van der Waals surface area contributed by atoms with E-state index >= 15 is 0 Å². The largest absolute Gasteiger partial charge is 0.365 e. The molecule has 0 fully saturated rings. The molecule has 2 rings (SSSR count). The minimum Gasteiger partial charge on any atom is -0.365 e. The Kier molecular flexibility index (Phi) is 2.32. The molecular weight excluding hydrogens is 204 g/mol. The van der Waals surface area contributed by atoms with Crippen molar-refractivity contribution in [2.45, 2.75) is 6.42 Å². The molecule has 78 valence electrons. The first-order chi connectivity index (χ1) is 7.15. The number of benzene rings is 1. The summed E-state index contributed by atoms with van der Waals surface area (Å²) in [5.74, 6) is -1.08. The van der Waals surface area contributed by atoms with Gasteiger partial charge >= 0.3 is 0 Å². The zero-order chi connectivity index (χ0) is 10.8. The molecular formula is C9H7F2N3O. The van der Waals surface area contributed by atoms with Gasteiger partial charge in [-0.2, -0.15) is 4.98 Å². The van der Waals surface area contributed by atoms with Crippen LogP contribution in [0.4, 0.5) is 14.7 Å². The number of anilines is 1. The number of aromatic nitrogens is 2. The Balaban J connectivity index is 2.24. The van der Waals surface area contributed by atoms with E-state index in [0.29, 0.717) is 0 Å². The first-order valence-electron chi connectivity index (χ1n) is 4.17. The normalized spacial score (nSPS) is 10.5. The number of nitrogen functional groups attached to an aromatic ring is 1. The summed E-state index contributed by atoms with van der Waals surface area (Å²) in [5, 5.41) is 3.36. The summed E-state index contributed by atoms with van der Waals surface area (Å²) < 4.78 is 30.5. The quantitative estimate of drug-likeness (QED) is 0.817. The van der Waals surface area contributed by atoms with Gasteiger partial charge in [-0.25, -0.2) is 8.78 Å². The molecule has 1 heterocycles. The van der Waals surface area contributed by atoms with Crippen molar-refractivity contribution in [1.82, 2.24) is 10.1 Å². The average Bonchev–Trinajstić information content (AvgIpc) is 2.56. The molecule has 2 N–H and O–H groups in total. The Labute approximate surface area is 83.7 Å². The van der Waals surface area contributed by atoms with Gasteiger partial charge in [0.2, 0.25) is 5.89 Å². The number of rotatable bonds is 2. The molecule has 0 saturated carbocycles. The molecule has 0 aliphatic heterocycles. The highest BCUT2D eigenvalue weighted by Crippen LogP contribution is 2.13. The minimum absolute atomic E-state index is 0.00693. The van der Waals surface area contributed by atoms with E-state index in [1.807, 2.05) is 0 Å². The second-order valence-corrected chi connectivity index (χ2v) is 2.96. The molecule has 0 radical (unpaired) electrons. The van der Waals surface area contributed by atoms with E-state index in [-0.39, 0.29) is 23.8 Å². The van der Waals surface area contributed by atoms with Crippen LogP contribution in [-0.4, -0.2) is 10.1 Å². The predicted octanol–water partition coefficient (Wildman–Crippen LogP) is 1.52. The lowest BCUT2D eigenvalue weighted by Crippen LogP contribution is -1.94. The third kappa shape index (κ3) is 2.09. The molecule has 0 spiro atoms. The second-order valence-electron chi connectivity index (χ2n) is 2.96. The summed E-state index contributed by atoms with van der Waals surface area (Å²) in [5.41, 5.74) is 5.50. The van der Waals surface area contributed by atoms with Crippen molar-refractivity contribution in [2.24, 2.45) is 0 Å². The van der Waals surface area contributed by atoms with Gasteiger partial charge < -0.3 is 10.3 Å². The lowest BCUT2D eigenvalue weighted by Gasteiger charge is -1.98. The van der Waals surface area contributed by atoms with Gasteiger partial charge in [-0.15, -0.1) is 0 Å². The van der Waals surface area contributed by atoms with Crippen LogP contribution in [0.15, 0.2) is 22.7 Å². The molecule has 0 aliphatic carbocycles. The predicted molar refractivity (Wildman–Crippen MR) is 47.9 cm³/mol. The van der Waals surface area contributed by atoms with Gasteiger partial charge in [-0.1, -0.05) is 6.07 Å². The van der Waals surface area contributed by atoms with Crippen molar-refractivity contribution < 1.29 is 13.3 Å². The minimum atomic E-state index is -0.647. The molecule has 0 saturated heterocycles. The van der Waals surface area contributed by atoms with E-state index in [9.17, 15) is 8.78 Å². The number of hydrogen-bond donors (Lipinski definition) is 1. The average molecular weight is 211 g/mol. The van der Waals surface area contributed by atoms with Crippen molar-refractivity contribution in [3.8, 4) is 0 Å². The molecule has 15 heavy (non-hydrogen) atoms. The summed E-state index contributed by atoms with van der Waals surface area (Å²) in [6.07, 6.45) is 0.0936. The van der Waals surface area contributed by atoms with Crippen LogP contribution in [0, 0.1) is 11.6 Å². The van der Waals surface area contributed by atoms with Crippen LogP contribution < -0.4 is 5.73 Å². The fourth-order valence-electron chi connectivity index (χ4n) is 1.17. The Bertz CT molecular complexity index is 484. The van der Waals surface area contributed by atoms with Gasteiger partial charge in [0.25, 0.3) is 5.95 Å². The smallest absolute Gasteiger partial charge is 0.260 e. The van der Waals surface area contributed by atoms with Gasteiger partial charge in [-0.3, -0.25) is 0 Å². The van der Waals surface area contributed by atoms with Crippen LogP contribution in [0.2, 0.25) is 0 Å². The van der Waals surface area contributed by atoms with E-state index in [1.54, 1.807) is 0 Å². The Hall–Kier alpha value is -1.98. The van der Waals surface area contributed by atoms with Crippen LogP contribution in [0.25, 0.3) is 0 Å². The lowest BCUT2D eigenvalue weighted by molar-refractivity contribution is 0.384. The van der Waals surface area contributed by atoms with E-state index in [1.165, 1.54) is 6.07 Å². The van der Waals surface area contributed by atoms with Crippen LogP contribution in [0.3, 0.4) is 0 Å². The van der Waals surface area contributed by atoms with Gasteiger partial charge in [0.1, 0.15) is 11.6 Å². The zero-order valence-corrected chi connectivity index (χ0v) is 7.58. The van der Waals surface area contributed by atoms with Crippen molar-refractivity contribution >= 4 is 5.95 Å². The van der Waals surface area contributed by atoms with Crippen molar-refractivity contribution in [3.63, 3.8) is 0 Å². The maximum Gasteiger partial charge on any atom is 0.260 e. The summed E-state index contributed by atoms with van der Waals surface area (Å²) >= 11 is 0. The molecule has 0 aliphatic rings. The van der Waals surface area contributed by atoms with Crippen molar-refractivity contribution in [3.05, 3.63) is 41.3 Å². The van der Waals surface area contributed by atoms with Crippen LogP contribution in [0.1, 0.15) is 11.5 Å². The highest BCUT2D eigenvalue weighted by atomic mass is 19.1. The Morgan fingerprint density at radius 2 is 2.13 bits per heavy atom. The molecule has 0 unspecified atom stereocenters. The number of hydrogen-bond acceptors (Lipinski definition) is 4. The van der Waals surface area contributed by atoms with E-state index in [0.717, 1.165) is 12.1 Å². The lowest BCUT2D eigenvalue weighted by atomic mass is 10.1. The fourth-order valence-corrected chi connectivity index (χ4v) is 1.17. The Morgan fingerprint density at radius 3 is 2.73 bits per heavy atom. The second kappa shape index (κ2) is 3.64. The van der Waals surface area contributed by atoms with Crippen LogP contribution >= 0.6 is 0 Å². The maximum atomic E-state index is 13.2. The van der Waals surface area contributed by atoms with Crippen molar-refractivity contribution in [1.29, 1.82) is 0 Å². The number of nitrogens with zero attached hydrogens (tertiary/aromatic N) is 2. The van der Waals surface area contributed by atoms with E-state index in [2.05, 4.69) is 10.1 Å². The molecule has 4 nitrogen and oxygen atoms in total.